The molecule has 0 spiro atoms. The number of hydrogen-bond donors (Lipinski definition) is 0. The maximum absolute atomic E-state index is 12.5. The number of nitrogens with zero attached hydrogens (tertiary/aromatic N) is 2. The second kappa shape index (κ2) is 4.80. The van der Waals surface area contributed by atoms with Crippen LogP contribution in [0.4, 0.5) is 0 Å². The van der Waals surface area contributed by atoms with Crippen molar-refractivity contribution < 1.29 is 14.3 Å². The number of hydrazone groups is 1. The third-order valence-electron chi connectivity index (χ3n) is 4.90. The molecular weight excluding hydrogens is 280 g/mol. The van der Waals surface area contributed by atoms with Crippen LogP contribution in [0.15, 0.2) is 41.5 Å². The first-order valence-electron chi connectivity index (χ1n) is 7.44. The van der Waals surface area contributed by atoms with Crippen LogP contribution in [0.3, 0.4) is 0 Å². The van der Waals surface area contributed by atoms with Crippen molar-refractivity contribution in [2.45, 2.75) is 6.42 Å². The van der Waals surface area contributed by atoms with Crippen LogP contribution in [0.2, 0.25) is 0 Å². The van der Waals surface area contributed by atoms with E-state index in [1.807, 2.05) is 24.3 Å². The van der Waals surface area contributed by atoms with Crippen molar-refractivity contribution in [1.29, 1.82) is 0 Å². The van der Waals surface area contributed by atoms with Gasteiger partial charge < -0.3 is 4.74 Å². The number of para-hydroxylation sites is 1. The number of methoxy groups -OCH3 is 1. The number of amides is 2. The van der Waals surface area contributed by atoms with E-state index in [0.717, 1.165) is 17.0 Å². The van der Waals surface area contributed by atoms with E-state index in [4.69, 9.17) is 4.74 Å². The summed E-state index contributed by atoms with van der Waals surface area (Å²) in [5.74, 6) is 0.314. The van der Waals surface area contributed by atoms with E-state index in [9.17, 15) is 9.59 Å². The molecule has 1 aliphatic heterocycles. The van der Waals surface area contributed by atoms with Gasteiger partial charge in [-0.25, -0.2) is 0 Å². The zero-order valence-corrected chi connectivity index (χ0v) is 12.2. The van der Waals surface area contributed by atoms with Gasteiger partial charge in [0.1, 0.15) is 5.75 Å². The maximum Gasteiger partial charge on any atom is 0.254 e. The minimum absolute atomic E-state index is 0.169. The number of carbonyl (C=O) groups is 2. The van der Waals surface area contributed by atoms with Crippen LogP contribution in [-0.2, 0) is 9.59 Å². The summed E-state index contributed by atoms with van der Waals surface area (Å²) >= 11 is 0. The lowest BCUT2D eigenvalue weighted by molar-refractivity contribution is -0.140. The summed E-state index contributed by atoms with van der Waals surface area (Å²) in [5, 5.41) is 5.19. The highest BCUT2D eigenvalue weighted by molar-refractivity contribution is 6.06. The van der Waals surface area contributed by atoms with Gasteiger partial charge in [0.25, 0.3) is 11.8 Å². The van der Waals surface area contributed by atoms with Gasteiger partial charge in [-0.2, -0.15) is 10.1 Å². The summed E-state index contributed by atoms with van der Waals surface area (Å²) in [5.41, 5.74) is 0.740. The monoisotopic (exact) mass is 296 g/mol. The molecule has 22 heavy (non-hydrogen) atoms. The lowest BCUT2D eigenvalue weighted by Crippen LogP contribution is -2.28. The van der Waals surface area contributed by atoms with Crippen molar-refractivity contribution >= 4 is 18.0 Å². The van der Waals surface area contributed by atoms with Crippen LogP contribution in [-0.4, -0.2) is 30.1 Å². The Balaban J connectivity index is 1.61. The Kier molecular flexibility index (Phi) is 2.89. The van der Waals surface area contributed by atoms with Crippen LogP contribution in [0.1, 0.15) is 12.0 Å². The van der Waals surface area contributed by atoms with E-state index in [2.05, 4.69) is 17.3 Å². The lowest BCUT2D eigenvalue weighted by Gasteiger charge is -2.13. The van der Waals surface area contributed by atoms with Gasteiger partial charge in [0.15, 0.2) is 0 Å². The predicted octanol–water partition coefficient (Wildman–Crippen LogP) is 1.84. The largest absolute Gasteiger partial charge is 0.496 e. The molecule has 2 bridgehead atoms. The van der Waals surface area contributed by atoms with Crippen LogP contribution >= 0.6 is 0 Å². The molecular formula is C17H16N2O3. The topological polar surface area (TPSA) is 59.0 Å². The first-order valence-corrected chi connectivity index (χ1v) is 7.44. The van der Waals surface area contributed by atoms with Crippen LogP contribution in [0.5, 0.6) is 5.75 Å². The molecule has 4 rings (SSSR count). The Labute approximate surface area is 128 Å². The summed E-state index contributed by atoms with van der Waals surface area (Å²) in [4.78, 5) is 25.0. The van der Waals surface area contributed by atoms with Gasteiger partial charge in [0, 0.05) is 5.56 Å². The molecule has 1 heterocycles. The Morgan fingerprint density at radius 3 is 2.41 bits per heavy atom. The second-order valence-corrected chi connectivity index (χ2v) is 5.97. The van der Waals surface area contributed by atoms with Crippen molar-refractivity contribution in [3.05, 3.63) is 42.0 Å². The fraction of sp³-hybridized carbons (Fsp3) is 0.353. The van der Waals surface area contributed by atoms with Gasteiger partial charge in [-0.15, -0.1) is 0 Å². The van der Waals surface area contributed by atoms with Gasteiger partial charge in [0.2, 0.25) is 0 Å². The molecule has 1 aromatic carbocycles. The Hall–Kier alpha value is -2.43. The first kappa shape index (κ1) is 13.2. The zero-order chi connectivity index (χ0) is 15.3. The highest BCUT2D eigenvalue weighted by Crippen LogP contribution is 2.52. The number of carbonyl (C=O) groups excluding carboxylic acids is 2. The molecule has 1 saturated carbocycles. The lowest BCUT2D eigenvalue weighted by atomic mass is 9.85. The summed E-state index contributed by atoms with van der Waals surface area (Å²) in [6, 6.07) is 7.36. The molecule has 2 aliphatic carbocycles. The predicted molar refractivity (Wildman–Crippen MR) is 80.2 cm³/mol. The van der Waals surface area contributed by atoms with E-state index >= 15 is 0 Å². The van der Waals surface area contributed by atoms with E-state index in [-0.39, 0.29) is 35.5 Å². The average molecular weight is 296 g/mol. The molecule has 2 amide bonds. The number of fused-ring (bicyclic) bond motifs is 5. The molecule has 4 atom stereocenters. The molecule has 112 valence electrons. The highest BCUT2D eigenvalue weighted by Gasteiger charge is 2.59. The quantitative estimate of drug-likeness (QED) is 0.486. The number of rotatable bonds is 3. The molecule has 2 fully saturated rings. The van der Waals surface area contributed by atoms with Crippen LogP contribution in [0, 0.1) is 23.7 Å². The smallest absolute Gasteiger partial charge is 0.254 e. The zero-order valence-electron chi connectivity index (χ0n) is 12.2. The fourth-order valence-electron chi connectivity index (χ4n) is 3.89. The van der Waals surface area contributed by atoms with Gasteiger partial charge >= 0.3 is 0 Å². The van der Waals surface area contributed by atoms with E-state index in [1.54, 1.807) is 7.11 Å². The Bertz CT molecular complexity index is 680. The van der Waals surface area contributed by atoms with Crippen molar-refractivity contribution in [3.8, 4) is 5.75 Å². The Morgan fingerprint density at radius 1 is 1.14 bits per heavy atom. The van der Waals surface area contributed by atoms with Crippen molar-refractivity contribution in [1.82, 2.24) is 5.01 Å². The Morgan fingerprint density at radius 2 is 1.77 bits per heavy atom. The highest BCUT2D eigenvalue weighted by atomic mass is 16.5. The molecule has 1 aromatic rings. The van der Waals surface area contributed by atoms with Crippen molar-refractivity contribution in [3.63, 3.8) is 0 Å². The molecule has 0 unspecified atom stereocenters. The van der Waals surface area contributed by atoms with E-state index < -0.39 is 0 Å². The summed E-state index contributed by atoms with van der Waals surface area (Å²) in [7, 11) is 1.58. The first-order chi connectivity index (χ1) is 10.7. The summed E-state index contributed by atoms with van der Waals surface area (Å²) in [6.45, 7) is 0. The van der Waals surface area contributed by atoms with Gasteiger partial charge in [0.05, 0.1) is 25.2 Å². The fourth-order valence-corrected chi connectivity index (χ4v) is 3.89. The number of ether oxygens (including phenoxy) is 1. The van der Waals surface area contributed by atoms with Gasteiger partial charge in [-0.05, 0) is 30.4 Å². The van der Waals surface area contributed by atoms with Crippen LogP contribution < -0.4 is 4.74 Å². The molecule has 5 nitrogen and oxygen atoms in total. The molecule has 3 aliphatic rings. The minimum Gasteiger partial charge on any atom is -0.496 e. The van der Waals surface area contributed by atoms with Crippen LogP contribution in [0.25, 0.3) is 0 Å². The molecule has 1 saturated heterocycles. The third-order valence-corrected chi connectivity index (χ3v) is 4.90. The molecule has 0 N–H and O–H groups in total. The molecule has 0 radical (unpaired) electrons. The molecule has 5 heteroatoms. The summed E-state index contributed by atoms with van der Waals surface area (Å²) in [6.07, 6.45) is 6.59. The summed E-state index contributed by atoms with van der Waals surface area (Å²) < 4.78 is 5.24. The normalized spacial score (nSPS) is 32.3. The number of benzene rings is 1. The van der Waals surface area contributed by atoms with E-state index in [0.29, 0.717) is 5.75 Å². The average Bonchev–Trinajstić information content (AvgIpc) is 3.21. The van der Waals surface area contributed by atoms with Gasteiger partial charge in [-0.3, -0.25) is 9.59 Å². The van der Waals surface area contributed by atoms with Crippen molar-refractivity contribution in [2.24, 2.45) is 28.8 Å². The number of hydrogen-bond acceptors (Lipinski definition) is 4. The van der Waals surface area contributed by atoms with Gasteiger partial charge in [-0.1, -0.05) is 24.3 Å². The number of imide groups is 1. The maximum atomic E-state index is 12.5. The SMILES string of the molecule is COc1ccccc1/C=N\N1C(=O)[C@@H]2[C@@H](C1=O)[C@@H]1C=C[C@@H]2C1. The second-order valence-electron chi connectivity index (χ2n) is 5.97. The number of allylic oxidation sites excluding steroid dienone is 2. The van der Waals surface area contributed by atoms with Crippen molar-refractivity contribution in [2.75, 3.05) is 7.11 Å². The minimum atomic E-state index is -0.211. The van der Waals surface area contributed by atoms with E-state index in [1.165, 1.54) is 6.21 Å². The standard InChI is InChI=1S/C17H16N2O3/c1-22-13-5-3-2-4-12(13)9-18-19-16(20)14-10-6-7-11(8-10)15(14)17(19)21/h2-7,9-11,14-15H,8H2,1H3/b18-9-/t10-,11-,14+,15+/m1/s1. The molecule has 0 aromatic heterocycles. The third kappa shape index (κ3) is 1.75.